The van der Waals surface area contributed by atoms with Gasteiger partial charge in [-0.1, -0.05) is 24.3 Å². The molecular weight excluding hydrogens is 411 g/mol. The Hall–Kier alpha value is -3.32. The van der Waals surface area contributed by atoms with E-state index in [2.05, 4.69) is 32.1 Å². The minimum absolute atomic E-state index is 0.0436. The van der Waals surface area contributed by atoms with Crippen molar-refractivity contribution in [3.63, 3.8) is 0 Å². The molecule has 0 saturated heterocycles. The quantitative estimate of drug-likeness (QED) is 0.314. The third kappa shape index (κ3) is 4.56. The summed E-state index contributed by atoms with van der Waals surface area (Å²) >= 11 is 1.55. The molecule has 4 aromatic rings. The van der Waals surface area contributed by atoms with Gasteiger partial charge in [-0.05, 0) is 77.9 Å². The van der Waals surface area contributed by atoms with E-state index in [-0.39, 0.29) is 17.6 Å². The number of benzene rings is 2. The lowest BCUT2D eigenvalue weighted by Gasteiger charge is -2.10. The van der Waals surface area contributed by atoms with E-state index < -0.39 is 0 Å². The number of amides is 1. The number of hydrogen-bond acceptors (Lipinski definition) is 4. The van der Waals surface area contributed by atoms with Gasteiger partial charge in [0.05, 0.1) is 0 Å². The van der Waals surface area contributed by atoms with E-state index in [9.17, 15) is 9.18 Å². The summed E-state index contributed by atoms with van der Waals surface area (Å²) < 4.78 is 16.3. The molecule has 1 amide bonds. The summed E-state index contributed by atoms with van der Waals surface area (Å²) in [5.74, 6) is 1.25. The number of nitrogens with one attached hydrogen (secondary N) is 3. The molecule has 7 heteroatoms. The van der Waals surface area contributed by atoms with Crippen molar-refractivity contribution in [2.75, 3.05) is 10.0 Å². The predicted molar refractivity (Wildman–Crippen MR) is 124 cm³/mol. The van der Waals surface area contributed by atoms with Crippen molar-refractivity contribution in [2.24, 2.45) is 5.92 Å². The van der Waals surface area contributed by atoms with Gasteiger partial charge in [-0.3, -0.25) is 4.79 Å². The van der Waals surface area contributed by atoms with Crippen LogP contribution in [0.1, 0.15) is 18.4 Å². The van der Waals surface area contributed by atoms with Gasteiger partial charge in [0.1, 0.15) is 17.3 Å². The van der Waals surface area contributed by atoms with Crippen LogP contribution < -0.4 is 10.0 Å². The van der Waals surface area contributed by atoms with Gasteiger partial charge in [-0.2, -0.15) is 0 Å². The fourth-order valence-corrected chi connectivity index (χ4v) is 4.15. The van der Waals surface area contributed by atoms with Crippen LogP contribution in [0.4, 0.5) is 15.9 Å². The molecule has 5 nitrogen and oxygen atoms in total. The maximum absolute atomic E-state index is 13.0. The molecule has 1 fully saturated rings. The number of aromatic nitrogens is 2. The molecule has 5 rings (SSSR count). The molecule has 0 atom stereocenters. The van der Waals surface area contributed by atoms with E-state index in [4.69, 9.17) is 0 Å². The highest BCUT2D eigenvalue weighted by Crippen LogP contribution is 2.33. The SMILES string of the molecule is O=C(Nc1cc(-c2ccc(NSCc3ccc(F)cc3)cc2)c2cc[nH]c2n1)C1CC1. The average Bonchev–Trinajstić information content (AvgIpc) is 3.53. The van der Waals surface area contributed by atoms with E-state index in [0.717, 1.165) is 52.0 Å². The van der Waals surface area contributed by atoms with Gasteiger partial charge in [-0.25, -0.2) is 9.37 Å². The number of carbonyl (C=O) groups is 1. The number of rotatable bonds is 7. The lowest BCUT2D eigenvalue weighted by atomic mass is 10.0. The van der Waals surface area contributed by atoms with Crippen LogP contribution in [0.3, 0.4) is 0 Å². The first-order valence-electron chi connectivity index (χ1n) is 10.2. The van der Waals surface area contributed by atoms with Gasteiger partial charge in [0.15, 0.2) is 0 Å². The molecule has 0 bridgehead atoms. The zero-order valence-corrected chi connectivity index (χ0v) is 17.5. The van der Waals surface area contributed by atoms with Crippen molar-refractivity contribution in [1.82, 2.24) is 9.97 Å². The predicted octanol–water partition coefficient (Wildman–Crippen LogP) is 5.98. The summed E-state index contributed by atoms with van der Waals surface area (Å²) in [6.07, 6.45) is 3.77. The number of aromatic amines is 1. The van der Waals surface area contributed by atoms with E-state index in [0.29, 0.717) is 5.82 Å². The third-order valence-corrected chi connectivity index (χ3v) is 6.12. The van der Waals surface area contributed by atoms with Crippen LogP contribution >= 0.6 is 11.9 Å². The number of hydrogen-bond donors (Lipinski definition) is 3. The average molecular weight is 433 g/mol. The van der Waals surface area contributed by atoms with Gasteiger partial charge in [0, 0.05) is 28.9 Å². The molecule has 0 spiro atoms. The van der Waals surface area contributed by atoms with E-state index in [1.807, 2.05) is 30.5 Å². The second-order valence-corrected chi connectivity index (χ2v) is 8.43. The molecule has 1 aliphatic rings. The Kier molecular flexibility index (Phi) is 5.34. The molecule has 0 radical (unpaired) electrons. The van der Waals surface area contributed by atoms with Crippen LogP contribution in [0.25, 0.3) is 22.2 Å². The second-order valence-electron chi connectivity index (χ2n) is 7.65. The van der Waals surface area contributed by atoms with Crippen LogP contribution in [-0.2, 0) is 10.5 Å². The number of nitrogens with zero attached hydrogens (tertiary/aromatic N) is 1. The fraction of sp³-hybridized carbons (Fsp3) is 0.167. The van der Waals surface area contributed by atoms with Crippen molar-refractivity contribution in [2.45, 2.75) is 18.6 Å². The molecule has 2 aromatic carbocycles. The summed E-state index contributed by atoms with van der Waals surface area (Å²) in [5.41, 5.74) is 4.85. The Morgan fingerprint density at radius 1 is 1.10 bits per heavy atom. The Bertz CT molecular complexity index is 1220. The van der Waals surface area contributed by atoms with E-state index in [1.165, 1.54) is 12.1 Å². The van der Waals surface area contributed by atoms with Crippen LogP contribution in [-0.4, -0.2) is 15.9 Å². The summed E-state index contributed by atoms with van der Waals surface area (Å²) in [6, 6.07) is 18.6. The molecule has 0 unspecified atom stereocenters. The number of fused-ring (bicyclic) bond motifs is 1. The number of H-pyrrole nitrogens is 1. The van der Waals surface area contributed by atoms with Crippen LogP contribution in [0.15, 0.2) is 66.9 Å². The minimum atomic E-state index is -0.222. The van der Waals surface area contributed by atoms with Crippen molar-refractivity contribution >= 4 is 40.4 Å². The van der Waals surface area contributed by atoms with Gasteiger partial charge in [0.2, 0.25) is 5.91 Å². The summed E-state index contributed by atoms with van der Waals surface area (Å²) in [5, 5.41) is 3.96. The smallest absolute Gasteiger partial charge is 0.228 e. The molecule has 1 saturated carbocycles. The summed E-state index contributed by atoms with van der Waals surface area (Å²) in [7, 11) is 0. The van der Waals surface area contributed by atoms with Gasteiger partial charge in [0.25, 0.3) is 0 Å². The Morgan fingerprint density at radius 2 is 1.87 bits per heavy atom. The molecule has 31 heavy (non-hydrogen) atoms. The van der Waals surface area contributed by atoms with E-state index >= 15 is 0 Å². The summed E-state index contributed by atoms with van der Waals surface area (Å²) in [4.78, 5) is 19.9. The maximum atomic E-state index is 13.0. The molecule has 1 aliphatic carbocycles. The van der Waals surface area contributed by atoms with Gasteiger partial charge >= 0.3 is 0 Å². The van der Waals surface area contributed by atoms with Crippen molar-refractivity contribution < 1.29 is 9.18 Å². The van der Waals surface area contributed by atoms with Crippen molar-refractivity contribution in [3.8, 4) is 11.1 Å². The number of halogens is 1. The first-order valence-corrected chi connectivity index (χ1v) is 11.2. The molecular formula is C24H21FN4OS. The number of pyridine rings is 1. The van der Waals surface area contributed by atoms with Crippen LogP contribution in [0.2, 0.25) is 0 Å². The monoisotopic (exact) mass is 432 g/mol. The lowest BCUT2D eigenvalue weighted by molar-refractivity contribution is -0.117. The largest absolute Gasteiger partial charge is 0.346 e. The Balaban J connectivity index is 1.31. The van der Waals surface area contributed by atoms with Crippen molar-refractivity contribution in [3.05, 3.63) is 78.2 Å². The van der Waals surface area contributed by atoms with Gasteiger partial charge in [-0.15, -0.1) is 0 Å². The first kappa shape index (κ1) is 19.6. The highest BCUT2D eigenvalue weighted by Gasteiger charge is 2.30. The lowest BCUT2D eigenvalue weighted by Crippen LogP contribution is -2.14. The molecule has 3 N–H and O–H groups in total. The fourth-order valence-electron chi connectivity index (χ4n) is 3.42. The normalized spacial score (nSPS) is 13.3. The molecule has 0 aliphatic heterocycles. The standard InChI is InChI=1S/C24H21FN4OS/c25-18-7-1-15(2-8-18)14-31-29-19-9-5-16(6-10-19)21-13-22(28-24(30)17-3-4-17)27-23-20(21)11-12-26-23/h1-2,5-13,17,29H,3-4,14H2,(H2,26,27,28,30). The van der Waals surface area contributed by atoms with Crippen LogP contribution in [0, 0.1) is 11.7 Å². The highest BCUT2D eigenvalue weighted by atomic mass is 32.2. The van der Waals surface area contributed by atoms with Crippen molar-refractivity contribution in [1.29, 1.82) is 0 Å². The zero-order valence-electron chi connectivity index (χ0n) is 16.7. The molecule has 2 aromatic heterocycles. The minimum Gasteiger partial charge on any atom is -0.346 e. The third-order valence-electron chi connectivity index (χ3n) is 5.27. The Labute approximate surface area is 183 Å². The van der Waals surface area contributed by atoms with Gasteiger partial charge < -0.3 is 15.0 Å². The highest BCUT2D eigenvalue weighted by molar-refractivity contribution is 7.99. The van der Waals surface area contributed by atoms with E-state index in [1.54, 1.807) is 24.1 Å². The number of anilines is 2. The zero-order chi connectivity index (χ0) is 21.2. The Morgan fingerprint density at radius 3 is 2.61 bits per heavy atom. The molecule has 2 heterocycles. The topological polar surface area (TPSA) is 69.8 Å². The first-order chi connectivity index (χ1) is 15.2. The second kappa shape index (κ2) is 8.43. The maximum Gasteiger partial charge on any atom is 0.228 e. The van der Waals surface area contributed by atoms with Crippen LogP contribution in [0.5, 0.6) is 0 Å². The summed E-state index contributed by atoms with van der Waals surface area (Å²) in [6.45, 7) is 0. The molecule has 156 valence electrons. The number of carbonyl (C=O) groups excluding carboxylic acids is 1.